The fourth-order valence-electron chi connectivity index (χ4n) is 2.86. The summed E-state index contributed by atoms with van der Waals surface area (Å²) in [6.45, 7) is 1.94. The summed E-state index contributed by atoms with van der Waals surface area (Å²) in [7, 11) is 1.87. The average molecular weight is 349 g/mol. The number of carbonyl (C=O) groups is 1. The summed E-state index contributed by atoms with van der Waals surface area (Å²) in [4.78, 5) is 26.1. The zero-order valence-corrected chi connectivity index (χ0v) is 14.5. The van der Waals surface area contributed by atoms with Gasteiger partial charge in [0.05, 0.1) is 21.8 Å². The summed E-state index contributed by atoms with van der Waals surface area (Å²) in [5.41, 5.74) is 9.09. The van der Waals surface area contributed by atoms with Gasteiger partial charge >= 0.3 is 0 Å². The van der Waals surface area contributed by atoms with Gasteiger partial charge in [0.2, 0.25) is 0 Å². The van der Waals surface area contributed by atoms with E-state index >= 15 is 0 Å². The van der Waals surface area contributed by atoms with Crippen LogP contribution in [0.5, 0.6) is 0 Å². The quantitative estimate of drug-likeness (QED) is 0.615. The molecule has 0 fully saturated rings. The van der Waals surface area contributed by atoms with Crippen molar-refractivity contribution < 1.29 is 4.79 Å². The molecule has 7 heteroatoms. The Labute approximate surface area is 148 Å². The number of aryl methyl sites for hydroxylation is 2. The molecule has 0 bridgehead atoms. The topological polar surface area (TPSA) is 86.7 Å². The lowest BCUT2D eigenvalue weighted by atomic mass is 10.2. The molecule has 1 amide bonds. The zero-order chi connectivity index (χ0) is 17.6. The molecule has 0 aromatic carbocycles. The predicted octanol–water partition coefficient (Wildman–Crippen LogP) is 3.17. The van der Waals surface area contributed by atoms with Crippen LogP contribution >= 0.6 is 11.3 Å². The van der Waals surface area contributed by atoms with Gasteiger partial charge in [0.1, 0.15) is 5.01 Å². The molecule has 0 unspecified atom stereocenters. The Kier molecular flexibility index (Phi) is 3.58. The highest BCUT2D eigenvalue weighted by atomic mass is 32.1. The third-order valence-corrected chi connectivity index (χ3v) is 5.25. The normalized spacial score (nSPS) is 11.1. The van der Waals surface area contributed by atoms with E-state index in [-0.39, 0.29) is 5.69 Å². The molecule has 0 saturated carbocycles. The number of thiazole rings is 1. The van der Waals surface area contributed by atoms with Crippen LogP contribution < -0.4 is 5.73 Å². The van der Waals surface area contributed by atoms with E-state index in [1.54, 1.807) is 12.4 Å². The number of nitrogens with two attached hydrogens (primary N) is 1. The first-order valence-corrected chi connectivity index (χ1v) is 8.50. The van der Waals surface area contributed by atoms with E-state index in [0.717, 1.165) is 32.0 Å². The highest BCUT2D eigenvalue weighted by Crippen LogP contribution is 2.35. The number of hydrogen-bond donors (Lipinski definition) is 1. The van der Waals surface area contributed by atoms with Crippen LogP contribution in [0.25, 0.3) is 32.0 Å². The van der Waals surface area contributed by atoms with Gasteiger partial charge in [0.15, 0.2) is 5.69 Å². The molecule has 0 saturated heterocycles. The summed E-state index contributed by atoms with van der Waals surface area (Å²) in [6, 6.07) is 7.77. The lowest BCUT2D eigenvalue weighted by Crippen LogP contribution is -2.15. The fraction of sp³-hybridized carbons (Fsp3) is 0.111. The van der Waals surface area contributed by atoms with Crippen molar-refractivity contribution in [3.05, 3.63) is 54.2 Å². The molecule has 0 spiro atoms. The molecule has 0 atom stereocenters. The average Bonchev–Trinajstić information content (AvgIpc) is 3.18. The van der Waals surface area contributed by atoms with E-state index in [0.29, 0.717) is 5.69 Å². The van der Waals surface area contributed by atoms with Crippen molar-refractivity contribution in [3.63, 3.8) is 0 Å². The van der Waals surface area contributed by atoms with Crippen molar-refractivity contribution in [1.29, 1.82) is 0 Å². The van der Waals surface area contributed by atoms with Crippen molar-refractivity contribution in [2.45, 2.75) is 6.92 Å². The van der Waals surface area contributed by atoms with Crippen molar-refractivity contribution in [2.24, 2.45) is 12.8 Å². The summed E-state index contributed by atoms with van der Waals surface area (Å²) < 4.78 is 1.85. The number of pyridine rings is 2. The first-order valence-electron chi connectivity index (χ1n) is 7.68. The molecule has 2 N–H and O–H groups in total. The Morgan fingerprint density at radius 3 is 2.84 bits per heavy atom. The third-order valence-electron chi connectivity index (χ3n) is 4.02. The number of aromatic nitrogens is 4. The third kappa shape index (κ3) is 2.58. The van der Waals surface area contributed by atoms with Gasteiger partial charge in [-0.15, -0.1) is 11.3 Å². The second-order valence-corrected chi connectivity index (χ2v) is 6.76. The van der Waals surface area contributed by atoms with Gasteiger partial charge in [-0.25, -0.2) is 9.97 Å². The van der Waals surface area contributed by atoms with E-state index in [4.69, 9.17) is 5.73 Å². The Balaban J connectivity index is 1.91. The van der Waals surface area contributed by atoms with Gasteiger partial charge in [0.25, 0.3) is 5.91 Å². The molecular formula is C18H15N5OS. The van der Waals surface area contributed by atoms with Crippen molar-refractivity contribution in [2.75, 3.05) is 0 Å². The van der Waals surface area contributed by atoms with Gasteiger partial charge in [0, 0.05) is 36.6 Å². The number of fused-ring (bicyclic) bond motifs is 1. The minimum absolute atomic E-state index is 0.274. The number of nitrogens with zero attached hydrogens (tertiary/aromatic N) is 4. The van der Waals surface area contributed by atoms with E-state index < -0.39 is 5.91 Å². The van der Waals surface area contributed by atoms with Gasteiger partial charge in [-0.05, 0) is 31.2 Å². The van der Waals surface area contributed by atoms with Crippen molar-refractivity contribution >= 4 is 28.1 Å². The Morgan fingerprint density at radius 1 is 1.28 bits per heavy atom. The molecule has 25 heavy (non-hydrogen) atoms. The summed E-state index contributed by atoms with van der Waals surface area (Å²) in [5, 5.41) is 1.80. The lowest BCUT2D eigenvalue weighted by molar-refractivity contribution is 0.0997. The highest BCUT2D eigenvalue weighted by Gasteiger charge is 2.18. The van der Waals surface area contributed by atoms with Gasteiger partial charge in [-0.3, -0.25) is 9.78 Å². The first-order chi connectivity index (χ1) is 12.0. The molecule has 6 nitrogen and oxygen atoms in total. The number of rotatable bonds is 3. The fourth-order valence-corrected chi connectivity index (χ4v) is 3.87. The van der Waals surface area contributed by atoms with E-state index in [1.165, 1.54) is 11.3 Å². The Hall–Kier alpha value is -3.06. The largest absolute Gasteiger partial charge is 0.364 e. The number of amides is 1. The molecular weight excluding hydrogens is 334 g/mol. The maximum atomic E-state index is 11.9. The SMILES string of the molecule is Cc1nc(-c2cccnc2)sc1-c1cc2ccn(C)c2c(C(N)=O)n1. The van der Waals surface area contributed by atoms with E-state index in [2.05, 4.69) is 15.0 Å². The minimum Gasteiger partial charge on any atom is -0.364 e. The summed E-state index contributed by atoms with van der Waals surface area (Å²) in [5.74, 6) is -0.539. The lowest BCUT2D eigenvalue weighted by Gasteiger charge is -2.05. The van der Waals surface area contributed by atoms with Crippen LogP contribution in [0.15, 0.2) is 42.9 Å². The van der Waals surface area contributed by atoms with Crippen LogP contribution in [0.1, 0.15) is 16.2 Å². The predicted molar refractivity (Wildman–Crippen MR) is 98.3 cm³/mol. The molecule has 4 rings (SSSR count). The van der Waals surface area contributed by atoms with Crippen molar-refractivity contribution in [3.8, 4) is 21.1 Å². The van der Waals surface area contributed by atoms with Crippen LogP contribution in [-0.4, -0.2) is 25.4 Å². The Bertz CT molecular complexity index is 1100. The zero-order valence-electron chi connectivity index (χ0n) is 13.7. The molecule has 0 aliphatic carbocycles. The monoisotopic (exact) mass is 349 g/mol. The van der Waals surface area contributed by atoms with Crippen molar-refractivity contribution in [1.82, 2.24) is 19.5 Å². The number of carbonyl (C=O) groups excluding carboxylic acids is 1. The molecule has 4 heterocycles. The van der Waals surface area contributed by atoms with E-state index in [1.807, 2.05) is 49.0 Å². The number of primary amides is 1. The maximum Gasteiger partial charge on any atom is 0.269 e. The van der Waals surface area contributed by atoms with E-state index in [9.17, 15) is 4.79 Å². The van der Waals surface area contributed by atoms with Gasteiger partial charge in [-0.1, -0.05) is 0 Å². The van der Waals surface area contributed by atoms with Crippen LogP contribution in [0.2, 0.25) is 0 Å². The molecule has 124 valence electrons. The van der Waals surface area contributed by atoms with Gasteiger partial charge in [-0.2, -0.15) is 0 Å². The molecule has 0 aliphatic rings. The highest BCUT2D eigenvalue weighted by molar-refractivity contribution is 7.18. The smallest absolute Gasteiger partial charge is 0.269 e. The number of hydrogen-bond acceptors (Lipinski definition) is 5. The van der Waals surface area contributed by atoms with Crippen LogP contribution in [-0.2, 0) is 7.05 Å². The standard InChI is InChI=1S/C18H15N5OS/c1-10-16(25-18(21-10)12-4-3-6-20-9-12)13-8-11-5-7-23(2)15(11)14(22-13)17(19)24/h3-9H,1-2H3,(H2,19,24). The molecule has 0 aliphatic heterocycles. The summed E-state index contributed by atoms with van der Waals surface area (Å²) >= 11 is 1.53. The van der Waals surface area contributed by atoms with Crippen LogP contribution in [0.4, 0.5) is 0 Å². The van der Waals surface area contributed by atoms with Gasteiger partial charge < -0.3 is 10.3 Å². The first kappa shape index (κ1) is 15.5. The molecule has 4 aromatic heterocycles. The van der Waals surface area contributed by atoms with Crippen LogP contribution in [0, 0.1) is 6.92 Å². The van der Waals surface area contributed by atoms with Crippen LogP contribution in [0.3, 0.4) is 0 Å². The molecule has 4 aromatic rings. The molecule has 0 radical (unpaired) electrons. The minimum atomic E-state index is -0.539. The maximum absolute atomic E-state index is 11.9. The summed E-state index contributed by atoms with van der Waals surface area (Å²) in [6.07, 6.45) is 5.41. The second-order valence-electron chi connectivity index (χ2n) is 5.76. The second kappa shape index (κ2) is 5.78. The Morgan fingerprint density at radius 2 is 2.12 bits per heavy atom.